The first-order valence-corrected chi connectivity index (χ1v) is 6.32. The van der Waals surface area contributed by atoms with E-state index in [1.807, 2.05) is 6.92 Å². The van der Waals surface area contributed by atoms with E-state index in [9.17, 15) is 4.79 Å². The van der Waals surface area contributed by atoms with E-state index < -0.39 is 0 Å². The van der Waals surface area contributed by atoms with Gasteiger partial charge in [0.15, 0.2) is 0 Å². The van der Waals surface area contributed by atoms with Crippen LogP contribution in [-0.2, 0) is 4.79 Å². The maximum absolute atomic E-state index is 11.2. The van der Waals surface area contributed by atoms with E-state index in [-0.39, 0.29) is 0 Å². The van der Waals surface area contributed by atoms with E-state index in [1.165, 1.54) is 18.4 Å². The first-order chi connectivity index (χ1) is 7.47. The van der Waals surface area contributed by atoms with Crippen molar-refractivity contribution >= 4 is 5.78 Å². The lowest BCUT2D eigenvalue weighted by molar-refractivity contribution is -0.117. The Hall–Kier alpha value is -0.850. The molecule has 1 heteroatoms. The van der Waals surface area contributed by atoms with Crippen molar-refractivity contribution in [3.05, 3.63) is 23.8 Å². The minimum absolute atomic E-state index is 0.325. The fraction of sp³-hybridized carbons (Fsp3) is 0.667. The number of allylic oxidation sites excluding steroid dienone is 4. The van der Waals surface area contributed by atoms with Crippen LogP contribution in [0.4, 0.5) is 0 Å². The number of carbonyl (C=O) groups excluding carboxylic acids is 1. The van der Waals surface area contributed by atoms with Gasteiger partial charge in [0.1, 0.15) is 5.78 Å². The second-order valence-corrected chi connectivity index (χ2v) is 5.48. The summed E-state index contributed by atoms with van der Waals surface area (Å²) in [5.74, 6) is 0.831. The molecule has 1 atom stereocenters. The maximum atomic E-state index is 11.2. The summed E-state index contributed by atoms with van der Waals surface area (Å²) < 4.78 is 0. The molecule has 0 amide bonds. The minimum atomic E-state index is 0.325. The summed E-state index contributed by atoms with van der Waals surface area (Å²) in [4.78, 5) is 11.2. The van der Waals surface area contributed by atoms with E-state index in [2.05, 4.69) is 39.0 Å². The summed E-state index contributed by atoms with van der Waals surface area (Å²) in [6.45, 7) is 8.77. The zero-order valence-corrected chi connectivity index (χ0v) is 11.0. The van der Waals surface area contributed by atoms with Gasteiger partial charge in [-0.05, 0) is 25.2 Å². The van der Waals surface area contributed by atoms with Crippen LogP contribution in [0.25, 0.3) is 0 Å². The quantitative estimate of drug-likeness (QED) is 0.646. The van der Waals surface area contributed by atoms with Crippen molar-refractivity contribution in [3.8, 4) is 0 Å². The summed E-state index contributed by atoms with van der Waals surface area (Å²) in [6.07, 6.45) is 10.3. The van der Waals surface area contributed by atoms with Crippen molar-refractivity contribution in [1.29, 1.82) is 0 Å². The zero-order valence-electron chi connectivity index (χ0n) is 11.0. The monoisotopic (exact) mass is 220 g/mol. The summed E-state index contributed by atoms with van der Waals surface area (Å²) >= 11 is 0. The molecule has 0 aromatic carbocycles. The molecule has 1 unspecified atom stereocenters. The van der Waals surface area contributed by atoms with Crippen molar-refractivity contribution in [3.63, 3.8) is 0 Å². The van der Waals surface area contributed by atoms with Crippen LogP contribution in [0.3, 0.4) is 0 Å². The molecule has 0 spiro atoms. The normalized spacial score (nSPS) is 24.5. The molecule has 16 heavy (non-hydrogen) atoms. The summed E-state index contributed by atoms with van der Waals surface area (Å²) in [5, 5.41) is 0. The molecule has 0 saturated heterocycles. The molecule has 1 aliphatic rings. The van der Waals surface area contributed by atoms with Crippen molar-refractivity contribution in [2.45, 2.75) is 53.4 Å². The summed E-state index contributed by atoms with van der Waals surface area (Å²) in [6, 6.07) is 0. The van der Waals surface area contributed by atoms with Crippen LogP contribution < -0.4 is 0 Å². The molecule has 1 aliphatic carbocycles. The molecule has 0 fully saturated rings. The molecule has 0 radical (unpaired) electrons. The lowest BCUT2D eigenvalue weighted by Gasteiger charge is -2.36. The molecular weight excluding hydrogens is 196 g/mol. The topological polar surface area (TPSA) is 17.1 Å². The van der Waals surface area contributed by atoms with Crippen LogP contribution in [0.1, 0.15) is 53.4 Å². The first kappa shape index (κ1) is 13.2. The number of hydrogen-bond donors (Lipinski definition) is 0. The maximum Gasteiger partial charge on any atom is 0.136 e. The molecular formula is C15H24O. The van der Waals surface area contributed by atoms with Gasteiger partial charge in [-0.2, -0.15) is 0 Å². The molecule has 90 valence electrons. The SMILES string of the molecule is CCC(=O)C/C=C/C1C(C)=CCCC1(C)C. The van der Waals surface area contributed by atoms with Gasteiger partial charge in [-0.15, -0.1) is 0 Å². The number of Topliss-reactive ketones (excluding diaryl/α,β-unsaturated/α-hetero) is 1. The number of rotatable bonds is 4. The minimum Gasteiger partial charge on any atom is -0.299 e. The van der Waals surface area contributed by atoms with Crippen molar-refractivity contribution in [2.24, 2.45) is 11.3 Å². The van der Waals surface area contributed by atoms with Crippen LogP contribution in [0.5, 0.6) is 0 Å². The van der Waals surface area contributed by atoms with Gasteiger partial charge in [0.2, 0.25) is 0 Å². The highest BCUT2D eigenvalue weighted by molar-refractivity contribution is 5.79. The molecule has 0 aromatic heterocycles. The fourth-order valence-corrected chi connectivity index (χ4v) is 2.46. The van der Waals surface area contributed by atoms with Crippen LogP contribution in [0.2, 0.25) is 0 Å². The molecule has 1 nitrogen and oxygen atoms in total. The second kappa shape index (κ2) is 5.47. The van der Waals surface area contributed by atoms with Gasteiger partial charge < -0.3 is 0 Å². The Bertz CT molecular complexity index is 307. The number of hydrogen-bond acceptors (Lipinski definition) is 1. The highest BCUT2D eigenvalue weighted by Crippen LogP contribution is 2.41. The van der Waals surface area contributed by atoms with Gasteiger partial charge in [0.05, 0.1) is 0 Å². The Morgan fingerprint density at radius 3 is 2.81 bits per heavy atom. The lowest BCUT2D eigenvalue weighted by Crippen LogP contribution is -2.26. The highest BCUT2D eigenvalue weighted by Gasteiger charge is 2.30. The zero-order chi connectivity index (χ0) is 12.2. The van der Waals surface area contributed by atoms with Crippen LogP contribution >= 0.6 is 0 Å². The van der Waals surface area contributed by atoms with Crippen LogP contribution in [-0.4, -0.2) is 5.78 Å². The molecule has 0 bridgehead atoms. The molecule has 1 rings (SSSR count). The smallest absolute Gasteiger partial charge is 0.136 e. The molecule has 0 N–H and O–H groups in total. The molecule has 0 saturated carbocycles. The van der Waals surface area contributed by atoms with E-state index in [0.29, 0.717) is 30.0 Å². The van der Waals surface area contributed by atoms with Gasteiger partial charge in [0.25, 0.3) is 0 Å². The van der Waals surface area contributed by atoms with Crippen molar-refractivity contribution in [1.82, 2.24) is 0 Å². The van der Waals surface area contributed by atoms with E-state index in [0.717, 1.165) is 0 Å². The Morgan fingerprint density at radius 2 is 2.25 bits per heavy atom. The van der Waals surface area contributed by atoms with E-state index in [1.54, 1.807) is 0 Å². The van der Waals surface area contributed by atoms with Crippen LogP contribution in [0, 0.1) is 11.3 Å². The standard InChI is InChI=1S/C15H24O/c1-5-13(16)9-6-10-14-12(2)8-7-11-15(14,3)4/h6,8,10,14H,5,7,9,11H2,1-4H3/b10-6+. The number of carbonyl (C=O) groups is 1. The Labute approximate surface area is 99.6 Å². The third-order valence-corrected chi connectivity index (χ3v) is 3.66. The van der Waals surface area contributed by atoms with E-state index in [4.69, 9.17) is 0 Å². The number of ketones is 1. The summed E-state index contributed by atoms with van der Waals surface area (Å²) in [5.41, 5.74) is 1.79. The van der Waals surface area contributed by atoms with Gasteiger partial charge in [0, 0.05) is 18.8 Å². The average Bonchev–Trinajstić information content (AvgIpc) is 2.21. The predicted octanol–water partition coefficient (Wildman–Crippen LogP) is 4.29. The van der Waals surface area contributed by atoms with Gasteiger partial charge in [-0.1, -0.05) is 44.6 Å². The third kappa shape index (κ3) is 3.33. The first-order valence-electron chi connectivity index (χ1n) is 6.32. The van der Waals surface area contributed by atoms with Crippen molar-refractivity contribution in [2.75, 3.05) is 0 Å². The summed E-state index contributed by atoms with van der Waals surface area (Å²) in [7, 11) is 0. The lowest BCUT2D eigenvalue weighted by atomic mass is 9.68. The van der Waals surface area contributed by atoms with Gasteiger partial charge in [-0.3, -0.25) is 4.79 Å². The van der Waals surface area contributed by atoms with Crippen molar-refractivity contribution < 1.29 is 4.79 Å². The second-order valence-electron chi connectivity index (χ2n) is 5.48. The molecule has 0 aliphatic heterocycles. The Kier molecular flexibility index (Phi) is 4.52. The highest BCUT2D eigenvalue weighted by atomic mass is 16.1. The molecule has 0 aromatic rings. The Morgan fingerprint density at radius 1 is 1.56 bits per heavy atom. The predicted molar refractivity (Wildman–Crippen MR) is 69.3 cm³/mol. The van der Waals surface area contributed by atoms with Crippen LogP contribution in [0.15, 0.2) is 23.8 Å². The third-order valence-electron chi connectivity index (χ3n) is 3.66. The fourth-order valence-electron chi connectivity index (χ4n) is 2.46. The van der Waals surface area contributed by atoms with Gasteiger partial charge >= 0.3 is 0 Å². The van der Waals surface area contributed by atoms with Gasteiger partial charge in [-0.25, -0.2) is 0 Å². The molecule has 0 heterocycles. The Balaban J connectivity index is 2.66. The van der Waals surface area contributed by atoms with E-state index >= 15 is 0 Å². The largest absolute Gasteiger partial charge is 0.299 e. The average molecular weight is 220 g/mol.